The van der Waals surface area contributed by atoms with E-state index in [1.807, 2.05) is 22.6 Å². The van der Waals surface area contributed by atoms with Gasteiger partial charge in [0.2, 0.25) is 0 Å². The summed E-state index contributed by atoms with van der Waals surface area (Å²) >= 11 is 1.96. The Balaban J connectivity index is 3.02. The largest absolute Gasteiger partial charge is 0.435 e. The Morgan fingerprint density at radius 1 is 1.42 bits per heavy atom. The van der Waals surface area contributed by atoms with Crippen LogP contribution in [0.15, 0.2) is 12.3 Å². The van der Waals surface area contributed by atoms with Gasteiger partial charge in [-0.2, -0.15) is 18.3 Å². The highest BCUT2D eigenvalue weighted by Gasteiger charge is 2.33. The molecule has 1 rings (SSSR count). The lowest BCUT2D eigenvalue weighted by Crippen LogP contribution is -2.09. The molecule has 1 aromatic rings. The van der Waals surface area contributed by atoms with Gasteiger partial charge >= 0.3 is 6.18 Å². The van der Waals surface area contributed by atoms with Gasteiger partial charge in [-0.25, -0.2) is 0 Å². The Morgan fingerprint density at radius 2 is 2.08 bits per heavy atom. The van der Waals surface area contributed by atoms with Crippen molar-refractivity contribution in [1.82, 2.24) is 10.2 Å². The van der Waals surface area contributed by atoms with Crippen LogP contribution in [0.25, 0.3) is 0 Å². The molecule has 66 valence electrons. The maximum absolute atomic E-state index is 12.0. The Morgan fingerprint density at radius 3 is 2.58 bits per heavy atom. The van der Waals surface area contributed by atoms with E-state index in [1.54, 1.807) is 0 Å². The third kappa shape index (κ3) is 2.29. The van der Waals surface area contributed by atoms with Crippen molar-refractivity contribution in [2.75, 3.05) is 0 Å². The van der Waals surface area contributed by atoms with Crippen LogP contribution in [0.2, 0.25) is 0 Å². The molecule has 0 N–H and O–H groups in total. The number of alkyl halides is 4. The van der Waals surface area contributed by atoms with E-state index in [0.717, 1.165) is 6.07 Å². The summed E-state index contributed by atoms with van der Waals surface area (Å²) in [6, 6.07) is 0.999. The van der Waals surface area contributed by atoms with Crippen molar-refractivity contribution >= 4 is 22.6 Å². The minimum absolute atomic E-state index is 0.496. The second-order valence-electron chi connectivity index (χ2n) is 2.08. The Bertz CT molecular complexity index is 274. The van der Waals surface area contributed by atoms with E-state index < -0.39 is 11.9 Å². The van der Waals surface area contributed by atoms with E-state index in [1.165, 1.54) is 6.20 Å². The van der Waals surface area contributed by atoms with Crippen molar-refractivity contribution in [2.24, 2.45) is 0 Å². The molecule has 0 spiro atoms. The fraction of sp³-hybridized carbons (Fsp3) is 0.333. The van der Waals surface area contributed by atoms with Crippen LogP contribution >= 0.6 is 22.6 Å². The third-order valence-corrected chi connectivity index (χ3v) is 2.04. The lowest BCUT2D eigenvalue weighted by atomic mass is 10.3. The predicted octanol–water partition coefficient (Wildman–Crippen LogP) is 2.43. The van der Waals surface area contributed by atoms with Crippen LogP contribution in [0.3, 0.4) is 0 Å². The molecule has 0 unspecified atom stereocenters. The van der Waals surface area contributed by atoms with Crippen molar-refractivity contribution < 1.29 is 13.2 Å². The quantitative estimate of drug-likeness (QED) is 0.586. The minimum atomic E-state index is -4.39. The van der Waals surface area contributed by atoms with Gasteiger partial charge in [-0.15, -0.1) is 5.10 Å². The first-order valence-electron chi connectivity index (χ1n) is 2.99. The van der Waals surface area contributed by atoms with E-state index >= 15 is 0 Å². The summed E-state index contributed by atoms with van der Waals surface area (Å²) in [5.41, 5.74) is -0.408. The summed E-state index contributed by atoms with van der Waals surface area (Å²) in [6.07, 6.45) is -3.07. The average molecular weight is 288 g/mol. The minimum Gasteiger partial charge on any atom is -0.164 e. The molecule has 0 fully saturated rings. The number of hydrogen-bond acceptors (Lipinski definition) is 2. The second kappa shape index (κ2) is 3.55. The van der Waals surface area contributed by atoms with Gasteiger partial charge in [0.05, 0.1) is 6.20 Å². The standard InChI is InChI=1S/C6H4F3IN2/c7-6(8,9)5-1-4(2-10)3-11-12-5/h1,3H,2H2. The molecular formula is C6H4F3IN2. The van der Waals surface area contributed by atoms with Gasteiger partial charge in [0, 0.05) is 4.43 Å². The number of nitrogens with zero attached hydrogens (tertiary/aromatic N) is 2. The van der Waals surface area contributed by atoms with Gasteiger partial charge in [-0.1, -0.05) is 22.6 Å². The molecule has 12 heavy (non-hydrogen) atoms. The van der Waals surface area contributed by atoms with Crippen molar-refractivity contribution in [3.05, 3.63) is 23.5 Å². The predicted molar refractivity (Wildman–Crippen MR) is 44.8 cm³/mol. The van der Waals surface area contributed by atoms with Gasteiger partial charge < -0.3 is 0 Å². The molecule has 0 aliphatic carbocycles. The fourth-order valence-corrected chi connectivity index (χ4v) is 1.04. The molecule has 0 aromatic carbocycles. The monoisotopic (exact) mass is 288 g/mol. The van der Waals surface area contributed by atoms with Gasteiger partial charge in [0.1, 0.15) is 0 Å². The molecule has 1 heterocycles. The summed E-state index contributed by atoms with van der Waals surface area (Å²) in [5.74, 6) is 0. The first-order chi connectivity index (χ1) is 5.54. The SMILES string of the molecule is FC(F)(F)c1cc(CI)cnn1. The first-order valence-corrected chi connectivity index (χ1v) is 4.51. The summed E-state index contributed by atoms with van der Waals surface area (Å²) in [5, 5.41) is 6.23. The lowest BCUT2D eigenvalue weighted by molar-refractivity contribution is -0.141. The number of rotatable bonds is 1. The van der Waals surface area contributed by atoms with Gasteiger partial charge in [-0.3, -0.25) is 0 Å². The van der Waals surface area contributed by atoms with Crippen LogP contribution in [-0.4, -0.2) is 10.2 Å². The molecule has 0 radical (unpaired) electrons. The normalized spacial score (nSPS) is 11.7. The molecule has 0 saturated carbocycles. The Hall–Kier alpha value is -0.400. The highest BCUT2D eigenvalue weighted by molar-refractivity contribution is 14.1. The van der Waals surface area contributed by atoms with Crippen LogP contribution < -0.4 is 0 Å². The maximum atomic E-state index is 12.0. The van der Waals surface area contributed by atoms with Crippen molar-refractivity contribution in [3.8, 4) is 0 Å². The van der Waals surface area contributed by atoms with Crippen LogP contribution in [0, 0.1) is 0 Å². The molecule has 0 aliphatic rings. The van der Waals surface area contributed by atoms with Crippen LogP contribution in [0.5, 0.6) is 0 Å². The zero-order valence-corrected chi connectivity index (χ0v) is 7.93. The van der Waals surface area contributed by atoms with Crippen molar-refractivity contribution in [3.63, 3.8) is 0 Å². The van der Waals surface area contributed by atoms with E-state index in [9.17, 15) is 13.2 Å². The van der Waals surface area contributed by atoms with Crippen molar-refractivity contribution in [2.45, 2.75) is 10.6 Å². The van der Waals surface area contributed by atoms with Gasteiger partial charge in [0.15, 0.2) is 5.69 Å². The van der Waals surface area contributed by atoms with Crippen LogP contribution in [0.1, 0.15) is 11.3 Å². The summed E-state index contributed by atoms with van der Waals surface area (Å²) in [4.78, 5) is 0. The summed E-state index contributed by atoms with van der Waals surface area (Å²) in [6.45, 7) is 0. The average Bonchev–Trinajstić information content (AvgIpc) is 2.03. The Kier molecular flexibility index (Phi) is 2.86. The smallest absolute Gasteiger partial charge is 0.164 e. The third-order valence-electron chi connectivity index (χ3n) is 1.16. The molecular weight excluding hydrogens is 284 g/mol. The summed E-state index contributed by atoms with van der Waals surface area (Å²) < 4.78 is 36.5. The highest BCUT2D eigenvalue weighted by atomic mass is 127. The molecule has 0 bridgehead atoms. The van der Waals surface area contributed by atoms with E-state index in [-0.39, 0.29) is 0 Å². The maximum Gasteiger partial charge on any atom is 0.435 e. The van der Waals surface area contributed by atoms with E-state index in [0.29, 0.717) is 9.99 Å². The molecule has 0 saturated heterocycles. The molecule has 0 atom stereocenters. The zero-order chi connectivity index (χ0) is 9.19. The molecule has 2 nitrogen and oxygen atoms in total. The van der Waals surface area contributed by atoms with Crippen LogP contribution in [-0.2, 0) is 10.6 Å². The molecule has 6 heteroatoms. The Labute approximate surface area is 80.3 Å². The summed E-state index contributed by atoms with van der Waals surface area (Å²) in [7, 11) is 0. The molecule has 0 amide bonds. The second-order valence-corrected chi connectivity index (χ2v) is 2.84. The fourth-order valence-electron chi connectivity index (χ4n) is 0.619. The van der Waals surface area contributed by atoms with Crippen LogP contribution in [0.4, 0.5) is 13.2 Å². The molecule has 0 aliphatic heterocycles. The first kappa shape index (κ1) is 9.69. The highest BCUT2D eigenvalue weighted by Crippen LogP contribution is 2.27. The van der Waals surface area contributed by atoms with E-state index in [2.05, 4.69) is 10.2 Å². The number of hydrogen-bond donors (Lipinski definition) is 0. The van der Waals surface area contributed by atoms with Crippen molar-refractivity contribution in [1.29, 1.82) is 0 Å². The topological polar surface area (TPSA) is 25.8 Å². The van der Waals surface area contributed by atoms with Gasteiger partial charge in [-0.05, 0) is 11.6 Å². The van der Waals surface area contributed by atoms with Gasteiger partial charge in [0.25, 0.3) is 0 Å². The molecule has 1 aromatic heterocycles. The van der Waals surface area contributed by atoms with E-state index in [4.69, 9.17) is 0 Å². The zero-order valence-electron chi connectivity index (χ0n) is 5.77. The number of aromatic nitrogens is 2. The number of halogens is 4. The lowest BCUT2D eigenvalue weighted by Gasteiger charge is -2.04.